The molecule has 19 heavy (non-hydrogen) atoms. The zero-order valence-electron chi connectivity index (χ0n) is 10.3. The van der Waals surface area contributed by atoms with Crippen LogP contribution in [0.2, 0.25) is 0 Å². The van der Waals surface area contributed by atoms with Gasteiger partial charge in [-0.1, -0.05) is 6.07 Å². The molecule has 3 nitrogen and oxygen atoms in total. The number of fused-ring (bicyclic) bond motifs is 1. The molecule has 0 amide bonds. The number of hydrogen-bond donors (Lipinski definition) is 1. The molecule has 0 aliphatic carbocycles. The third kappa shape index (κ3) is 3.31. The lowest BCUT2D eigenvalue weighted by atomic mass is 10.1. The fraction of sp³-hybridized carbons (Fsp3) is 0.214. The summed E-state index contributed by atoms with van der Waals surface area (Å²) >= 11 is 0. The number of nitrogens with zero attached hydrogens (tertiary/aromatic N) is 2. The summed E-state index contributed by atoms with van der Waals surface area (Å²) in [6.07, 6.45) is 2.82. The predicted molar refractivity (Wildman–Crippen MR) is 81.6 cm³/mol. The van der Waals surface area contributed by atoms with Crippen LogP contribution in [0.4, 0.5) is 5.69 Å². The van der Waals surface area contributed by atoms with Crippen LogP contribution in [0.3, 0.4) is 0 Å². The lowest BCUT2D eigenvalue weighted by molar-refractivity contribution is 0.475. The molecule has 1 aromatic heterocycles. The maximum atomic E-state index is 9.44. The molecule has 0 radical (unpaired) electrons. The van der Waals surface area contributed by atoms with Gasteiger partial charge in [-0.05, 0) is 42.3 Å². The average Bonchev–Trinajstić information content (AvgIpc) is 2.73. The quantitative estimate of drug-likeness (QED) is 0.925. The summed E-state index contributed by atoms with van der Waals surface area (Å²) in [6.45, 7) is 1.83. The van der Waals surface area contributed by atoms with Crippen molar-refractivity contribution in [3.63, 3.8) is 0 Å². The summed E-state index contributed by atoms with van der Waals surface area (Å²) in [4.78, 5) is 6.64. The van der Waals surface area contributed by atoms with Crippen molar-refractivity contribution in [2.75, 3.05) is 11.4 Å². The van der Waals surface area contributed by atoms with E-state index in [-0.39, 0.29) is 24.8 Å². The maximum absolute atomic E-state index is 9.44. The van der Waals surface area contributed by atoms with Gasteiger partial charge in [0.15, 0.2) is 0 Å². The lowest BCUT2D eigenvalue weighted by Crippen LogP contribution is -2.20. The Morgan fingerprint density at radius 1 is 1.16 bits per heavy atom. The van der Waals surface area contributed by atoms with Crippen LogP contribution in [0, 0.1) is 0 Å². The number of aromatic nitrogens is 1. The number of hydrogen-bond acceptors (Lipinski definition) is 3. The van der Waals surface area contributed by atoms with E-state index in [1.54, 1.807) is 6.07 Å². The fourth-order valence-corrected chi connectivity index (χ4v) is 2.31. The molecule has 0 saturated carbocycles. The Morgan fingerprint density at radius 3 is 2.74 bits per heavy atom. The van der Waals surface area contributed by atoms with Crippen LogP contribution < -0.4 is 4.90 Å². The highest BCUT2D eigenvalue weighted by atomic mass is 35.5. The topological polar surface area (TPSA) is 36.4 Å². The van der Waals surface area contributed by atoms with Crippen LogP contribution in [0.25, 0.3) is 0 Å². The Hall–Kier alpha value is -1.45. The number of rotatable bonds is 2. The number of benzene rings is 1. The number of anilines is 1. The smallest absolute Gasteiger partial charge is 0.116 e. The van der Waals surface area contributed by atoms with Crippen molar-refractivity contribution in [1.82, 2.24) is 4.98 Å². The zero-order valence-corrected chi connectivity index (χ0v) is 12.0. The highest BCUT2D eigenvalue weighted by Crippen LogP contribution is 2.31. The molecule has 1 aromatic carbocycles. The maximum Gasteiger partial charge on any atom is 0.116 e. The average molecular weight is 299 g/mol. The molecule has 1 aliphatic rings. The summed E-state index contributed by atoms with van der Waals surface area (Å²) in [5, 5.41) is 9.44. The Bertz CT molecular complexity index is 534. The van der Waals surface area contributed by atoms with E-state index in [0.29, 0.717) is 5.75 Å². The van der Waals surface area contributed by atoms with Crippen LogP contribution >= 0.6 is 24.8 Å². The zero-order chi connectivity index (χ0) is 11.7. The molecule has 5 heteroatoms. The van der Waals surface area contributed by atoms with Gasteiger partial charge in [-0.3, -0.25) is 4.98 Å². The molecule has 0 saturated heterocycles. The predicted octanol–water partition coefficient (Wildman–Crippen LogP) is 3.19. The van der Waals surface area contributed by atoms with Crippen LogP contribution in [0.15, 0.2) is 42.6 Å². The van der Waals surface area contributed by atoms with Crippen LogP contribution in [0.5, 0.6) is 5.75 Å². The van der Waals surface area contributed by atoms with E-state index >= 15 is 0 Å². The second kappa shape index (κ2) is 6.64. The molecule has 0 fully saturated rings. The van der Waals surface area contributed by atoms with E-state index in [9.17, 15) is 5.11 Å². The van der Waals surface area contributed by atoms with Crippen molar-refractivity contribution in [3.8, 4) is 5.75 Å². The van der Waals surface area contributed by atoms with Crippen molar-refractivity contribution >= 4 is 30.5 Å². The first-order valence-corrected chi connectivity index (χ1v) is 5.80. The third-order valence-corrected chi connectivity index (χ3v) is 3.13. The summed E-state index contributed by atoms with van der Waals surface area (Å²) in [5.41, 5.74) is 3.52. The van der Waals surface area contributed by atoms with Gasteiger partial charge in [0.05, 0.1) is 12.2 Å². The molecule has 0 atom stereocenters. The van der Waals surface area contributed by atoms with Gasteiger partial charge >= 0.3 is 0 Å². The highest BCUT2D eigenvalue weighted by Gasteiger charge is 2.19. The van der Waals surface area contributed by atoms with Crippen molar-refractivity contribution in [2.45, 2.75) is 13.0 Å². The molecular weight excluding hydrogens is 283 g/mol. The number of phenolic OH excluding ortho intramolecular Hbond substituents is 1. The van der Waals surface area contributed by atoms with E-state index in [4.69, 9.17) is 0 Å². The van der Waals surface area contributed by atoms with Crippen molar-refractivity contribution in [1.29, 1.82) is 0 Å². The first-order chi connectivity index (χ1) is 8.33. The Labute approximate surface area is 125 Å². The Morgan fingerprint density at radius 2 is 2.00 bits per heavy atom. The van der Waals surface area contributed by atoms with Crippen LogP contribution in [-0.2, 0) is 13.0 Å². The van der Waals surface area contributed by atoms with Gasteiger partial charge in [0.25, 0.3) is 0 Å². The molecule has 0 spiro atoms. The van der Waals surface area contributed by atoms with Crippen molar-refractivity contribution in [3.05, 3.63) is 53.9 Å². The van der Waals surface area contributed by atoms with Gasteiger partial charge in [-0.15, -0.1) is 24.8 Å². The molecule has 2 heterocycles. The summed E-state index contributed by atoms with van der Waals surface area (Å²) in [7, 11) is 0. The molecule has 1 aliphatic heterocycles. The van der Waals surface area contributed by atoms with Gasteiger partial charge in [0.2, 0.25) is 0 Å². The lowest BCUT2D eigenvalue weighted by Gasteiger charge is -2.18. The van der Waals surface area contributed by atoms with E-state index in [1.165, 1.54) is 11.3 Å². The second-order valence-electron chi connectivity index (χ2n) is 4.31. The minimum Gasteiger partial charge on any atom is -0.508 e. The number of phenols is 1. The largest absolute Gasteiger partial charge is 0.508 e. The number of halogens is 2. The van der Waals surface area contributed by atoms with E-state index in [2.05, 4.69) is 9.88 Å². The van der Waals surface area contributed by atoms with Crippen molar-refractivity contribution in [2.24, 2.45) is 0 Å². The summed E-state index contributed by atoms with van der Waals surface area (Å²) in [6, 6.07) is 11.6. The summed E-state index contributed by atoms with van der Waals surface area (Å²) < 4.78 is 0. The van der Waals surface area contributed by atoms with Gasteiger partial charge in [-0.2, -0.15) is 0 Å². The van der Waals surface area contributed by atoms with Gasteiger partial charge < -0.3 is 10.0 Å². The van der Waals surface area contributed by atoms with Crippen molar-refractivity contribution < 1.29 is 5.11 Å². The van der Waals surface area contributed by atoms with E-state index in [1.807, 2.05) is 36.5 Å². The van der Waals surface area contributed by atoms with E-state index < -0.39 is 0 Å². The molecule has 3 rings (SSSR count). The monoisotopic (exact) mass is 298 g/mol. The van der Waals surface area contributed by atoms with Crippen LogP contribution in [-0.4, -0.2) is 16.6 Å². The Balaban J connectivity index is 0.000000902. The molecule has 0 unspecified atom stereocenters. The molecule has 2 aromatic rings. The number of pyridine rings is 1. The molecule has 0 bridgehead atoms. The molecule has 1 N–H and O–H groups in total. The fourth-order valence-electron chi connectivity index (χ4n) is 2.31. The third-order valence-electron chi connectivity index (χ3n) is 3.13. The molecular formula is C14H16Cl2N2O. The summed E-state index contributed by atoms with van der Waals surface area (Å²) in [5.74, 6) is 0.350. The van der Waals surface area contributed by atoms with E-state index in [0.717, 1.165) is 25.2 Å². The van der Waals surface area contributed by atoms with Gasteiger partial charge in [-0.25, -0.2) is 0 Å². The minimum absolute atomic E-state index is 0. The standard InChI is InChI=1S/C14H14N2O.2ClH/c17-13-4-5-14-11(9-13)6-8-16(14)10-12-3-1-2-7-15-12;;/h1-5,7,9,17H,6,8,10H2;2*1H. The normalized spacial score (nSPS) is 12.3. The second-order valence-corrected chi connectivity index (χ2v) is 4.31. The Kier molecular flexibility index (Phi) is 5.45. The SMILES string of the molecule is Cl.Cl.Oc1ccc2c(c1)CCN2Cc1ccccn1. The van der Waals surface area contributed by atoms with Crippen LogP contribution in [0.1, 0.15) is 11.3 Å². The highest BCUT2D eigenvalue weighted by molar-refractivity contribution is 5.85. The number of aromatic hydroxyl groups is 1. The minimum atomic E-state index is 0. The molecule has 102 valence electrons. The van der Waals surface area contributed by atoms with Gasteiger partial charge in [0, 0.05) is 18.4 Å². The first kappa shape index (κ1) is 15.6. The first-order valence-electron chi connectivity index (χ1n) is 5.80. The van der Waals surface area contributed by atoms with Gasteiger partial charge in [0.1, 0.15) is 5.75 Å².